The van der Waals surface area contributed by atoms with Gasteiger partial charge in [0.25, 0.3) is 0 Å². The zero-order valence-electron chi connectivity index (χ0n) is 12.8. The number of carbonyl (C=O) groups is 3. The second-order valence-corrected chi connectivity index (χ2v) is 5.66. The lowest BCUT2D eigenvalue weighted by molar-refractivity contribution is -0.147. The number of hydrogen-bond acceptors (Lipinski definition) is 4. The predicted octanol–water partition coefficient (Wildman–Crippen LogP) is 1.22. The molecular weight excluding hydrogens is 276 g/mol. The van der Waals surface area contributed by atoms with E-state index in [1.807, 2.05) is 0 Å². The van der Waals surface area contributed by atoms with E-state index in [-0.39, 0.29) is 12.5 Å². The minimum Gasteiger partial charge on any atom is -0.480 e. The Kier molecular flexibility index (Phi) is 6.45. The predicted molar refractivity (Wildman–Crippen MR) is 75.8 cm³/mol. The van der Waals surface area contributed by atoms with Crippen molar-refractivity contribution in [1.82, 2.24) is 10.2 Å². The van der Waals surface area contributed by atoms with Crippen LogP contribution in [0.15, 0.2) is 0 Å². The lowest BCUT2D eigenvalue weighted by Gasteiger charge is -2.34. The van der Waals surface area contributed by atoms with Crippen LogP contribution in [0.1, 0.15) is 39.0 Å². The number of ether oxygens (including phenoxy) is 1. The van der Waals surface area contributed by atoms with Crippen LogP contribution < -0.4 is 5.32 Å². The number of aliphatic carboxylic acids is 1. The van der Waals surface area contributed by atoms with Crippen molar-refractivity contribution in [2.45, 2.75) is 51.1 Å². The summed E-state index contributed by atoms with van der Waals surface area (Å²) < 4.78 is 4.44. The van der Waals surface area contributed by atoms with Gasteiger partial charge in [-0.2, -0.15) is 0 Å². The van der Waals surface area contributed by atoms with E-state index in [0.29, 0.717) is 5.92 Å². The fourth-order valence-corrected chi connectivity index (χ4v) is 2.62. The molecule has 0 saturated heterocycles. The van der Waals surface area contributed by atoms with Crippen molar-refractivity contribution in [1.29, 1.82) is 0 Å². The van der Waals surface area contributed by atoms with Crippen LogP contribution in [-0.4, -0.2) is 54.2 Å². The van der Waals surface area contributed by atoms with Crippen molar-refractivity contribution in [3.05, 3.63) is 0 Å². The van der Waals surface area contributed by atoms with Gasteiger partial charge in [0.1, 0.15) is 6.04 Å². The zero-order chi connectivity index (χ0) is 16.0. The second kappa shape index (κ2) is 7.85. The van der Waals surface area contributed by atoms with E-state index in [4.69, 9.17) is 5.11 Å². The Bertz CT molecular complexity index is 399. The van der Waals surface area contributed by atoms with Gasteiger partial charge in [0, 0.05) is 13.1 Å². The van der Waals surface area contributed by atoms with Gasteiger partial charge in [-0.15, -0.1) is 0 Å². The van der Waals surface area contributed by atoms with Crippen LogP contribution in [0, 0.1) is 5.92 Å². The van der Waals surface area contributed by atoms with Crippen molar-refractivity contribution in [2.24, 2.45) is 5.92 Å². The quantitative estimate of drug-likeness (QED) is 0.744. The second-order valence-electron chi connectivity index (χ2n) is 5.66. The number of amides is 2. The maximum absolute atomic E-state index is 12.1. The number of carboxylic acid groups (broad SMARTS) is 1. The Morgan fingerprint density at radius 3 is 2.57 bits per heavy atom. The SMILES string of the molecule is COC(=O)C[C@H](NC(=O)N(C)C1CCCC(C)C1)C(=O)O. The summed E-state index contributed by atoms with van der Waals surface area (Å²) in [5, 5.41) is 11.4. The van der Waals surface area contributed by atoms with Gasteiger partial charge in [-0.3, -0.25) is 4.79 Å². The summed E-state index contributed by atoms with van der Waals surface area (Å²) in [5.74, 6) is -1.36. The molecule has 120 valence electrons. The van der Waals surface area contributed by atoms with E-state index < -0.39 is 24.0 Å². The van der Waals surface area contributed by atoms with E-state index >= 15 is 0 Å². The average Bonchev–Trinajstić information content (AvgIpc) is 2.45. The summed E-state index contributed by atoms with van der Waals surface area (Å²) in [4.78, 5) is 35.9. The van der Waals surface area contributed by atoms with Crippen molar-refractivity contribution in [3.63, 3.8) is 0 Å². The smallest absolute Gasteiger partial charge is 0.326 e. The largest absolute Gasteiger partial charge is 0.480 e. The standard InChI is InChI=1S/C14H24N2O5/c1-9-5-4-6-10(7-9)16(2)14(20)15-11(13(18)19)8-12(17)21-3/h9-11H,4-8H2,1-3H3,(H,15,20)(H,18,19)/t9?,10?,11-/m0/s1. The van der Waals surface area contributed by atoms with Crippen LogP contribution in [0.3, 0.4) is 0 Å². The minimum atomic E-state index is -1.27. The maximum atomic E-state index is 12.1. The molecule has 7 heteroatoms. The molecule has 2 N–H and O–H groups in total. The number of urea groups is 1. The molecule has 0 heterocycles. The topological polar surface area (TPSA) is 95.9 Å². The molecular formula is C14H24N2O5. The molecule has 0 bridgehead atoms. The summed E-state index contributed by atoms with van der Waals surface area (Å²) in [6, 6.07) is -1.62. The van der Waals surface area contributed by atoms with Gasteiger partial charge in [-0.25, -0.2) is 9.59 Å². The number of rotatable bonds is 5. The molecule has 0 aromatic heterocycles. The first-order valence-electron chi connectivity index (χ1n) is 7.18. The highest BCUT2D eigenvalue weighted by molar-refractivity contribution is 5.86. The molecule has 1 saturated carbocycles. The Morgan fingerprint density at radius 2 is 2.05 bits per heavy atom. The summed E-state index contributed by atoms with van der Waals surface area (Å²) >= 11 is 0. The number of methoxy groups -OCH3 is 1. The Labute approximate surface area is 124 Å². The zero-order valence-corrected chi connectivity index (χ0v) is 12.8. The third kappa shape index (κ3) is 5.24. The first-order chi connectivity index (χ1) is 9.85. The van der Waals surface area contributed by atoms with Crippen molar-refractivity contribution < 1.29 is 24.2 Å². The molecule has 2 unspecified atom stereocenters. The first-order valence-corrected chi connectivity index (χ1v) is 7.18. The number of carbonyl (C=O) groups excluding carboxylic acids is 2. The van der Waals surface area contributed by atoms with Crippen LogP contribution in [0.25, 0.3) is 0 Å². The Morgan fingerprint density at radius 1 is 1.38 bits per heavy atom. The van der Waals surface area contributed by atoms with E-state index in [1.165, 1.54) is 7.11 Å². The summed E-state index contributed by atoms with van der Waals surface area (Å²) in [5.41, 5.74) is 0. The monoisotopic (exact) mass is 300 g/mol. The maximum Gasteiger partial charge on any atom is 0.326 e. The van der Waals surface area contributed by atoms with Gasteiger partial charge >= 0.3 is 18.0 Å². The number of nitrogens with one attached hydrogen (secondary N) is 1. The molecule has 0 aromatic rings. The Hall–Kier alpha value is -1.79. The molecule has 1 aliphatic carbocycles. The third-order valence-corrected chi connectivity index (χ3v) is 3.97. The molecule has 2 amide bonds. The molecule has 1 aliphatic rings. The summed E-state index contributed by atoms with van der Waals surface area (Å²) in [6.45, 7) is 2.15. The summed E-state index contributed by atoms with van der Waals surface area (Å²) in [7, 11) is 2.84. The molecule has 0 aliphatic heterocycles. The lowest BCUT2D eigenvalue weighted by Crippen LogP contribution is -2.51. The fraction of sp³-hybridized carbons (Fsp3) is 0.786. The molecule has 1 rings (SSSR count). The van der Waals surface area contributed by atoms with Crippen molar-refractivity contribution in [3.8, 4) is 0 Å². The van der Waals surface area contributed by atoms with Gasteiger partial charge in [0.05, 0.1) is 13.5 Å². The number of hydrogen-bond donors (Lipinski definition) is 2. The molecule has 21 heavy (non-hydrogen) atoms. The van der Waals surface area contributed by atoms with Crippen molar-refractivity contribution >= 4 is 18.0 Å². The Balaban J connectivity index is 2.59. The van der Waals surface area contributed by atoms with Crippen LogP contribution >= 0.6 is 0 Å². The molecule has 0 spiro atoms. The van der Waals surface area contributed by atoms with Crippen LogP contribution in [-0.2, 0) is 14.3 Å². The number of nitrogens with zero attached hydrogens (tertiary/aromatic N) is 1. The molecule has 3 atom stereocenters. The van der Waals surface area contributed by atoms with Crippen LogP contribution in [0.2, 0.25) is 0 Å². The fourth-order valence-electron chi connectivity index (χ4n) is 2.62. The minimum absolute atomic E-state index is 0.112. The highest BCUT2D eigenvalue weighted by Gasteiger charge is 2.29. The van der Waals surface area contributed by atoms with Gasteiger partial charge in [-0.1, -0.05) is 19.8 Å². The van der Waals surface area contributed by atoms with Crippen LogP contribution in [0.5, 0.6) is 0 Å². The van der Waals surface area contributed by atoms with E-state index in [2.05, 4.69) is 17.0 Å². The average molecular weight is 300 g/mol. The molecule has 1 fully saturated rings. The molecule has 0 radical (unpaired) electrons. The number of carboxylic acids is 1. The highest BCUT2D eigenvalue weighted by Crippen LogP contribution is 2.26. The van der Waals surface area contributed by atoms with Gasteiger partial charge in [-0.05, 0) is 18.8 Å². The molecule has 7 nitrogen and oxygen atoms in total. The van der Waals surface area contributed by atoms with E-state index in [0.717, 1.165) is 25.7 Å². The molecule has 0 aromatic carbocycles. The lowest BCUT2D eigenvalue weighted by atomic mass is 9.86. The van der Waals surface area contributed by atoms with Gasteiger partial charge in [0.15, 0.2) is 0 Å². The number of esters is 1. The third-order valence-electron chi connectivity index (χ3n) is 3.97. The first kappa shape index (κ1) is 17.3. The highest BCUT2D eigenvalue weighted by atomic mass is 16.5. The van der Waals surface area contributed by atoms with E-state index in [1.54, 1.807) is 11.9 Å². The van der Waals surface area contributed by atoms with E-state index in [9.17, 15) is 14.4 Å². The van der Waals surface area contributed by atoms with Gasteiger partial charge in [0.2, 0.25) is 0 Å². The van der Waals surface area contributed by atoms with Crippen molar-refractivity contribution in [2.75, 3.05) is 14.2 Å². The summed E-state index contributed by atoms with van der Waals surface area (Å²) in [6.07, 6.45) is 3.67. The normalized spacial score (nSPS) is 23.0. The van der Waals surface area contributed by atoms with Gasteiger partial charge < -0.3 is 20.1 Å². The van der Waals surface area contributed by atoms with Crippen LogP contribution in [0.4, 0.5) is 4.79 Å².